The smallest absolute Gasteiger partial charge is 0.346 e. The average molecular weight is 420 g/mol. The molecule has 1 aliphatic rings. The summed E-state index contributed by atoms with van der Waals surface area (Å²) in [6.07, 6.45) is -0.0603. The second-order valence-corrected chi connectivity index (χ2v) is 7.82. The Kier molecular flexibility index (Phi) is 4.64. The first-order valence-electron chi connectivity index (χ1n) is 8.26. The van der Waals surface area contributed by atoms with Gasteiger partial charge in [0.2, 0.25) is 5.91 Å². The molecule has 3 aromatic rings. The van der Waals surface area contributed by atoms with E-state index in [2.05, 4.69) is 5.32 Å². The second-order valence-electron chi connectivity index (χ2n) is 6.33. The molecule has 142 valence electrons. The maximum atomic E-state index is 14.4. The molecule has 0 aliphatic carbocycles. The molecule has 1 amide bonds. The molecule has 4 rings (SSSR count). The Labute approximate surface area is 167 Å². The molecule has 0 bridgehead atoms. The van der Waals surface area contributed by atoms with Crippen molar-refractivity contribution in [3.8, 4) is 11.1 Å². The van der Waals surface area contributed by atoms with Crippen LogP contribution in [0, 0.1) is 11.6 Å². The Bertz CT molecular complexity index is 1110. The van der Waals surface area contributed by atoms with Gasteiger partial charge in [0.05, 0.1) is 5.69 Å². The van der Waals surface area contributed by atoms with Gasteiger partial charge >= 0.3 is 5.97 Å². The second kappa shape index (κ2) is 7.00. The molecule has 2 heterocycles. The number of anilines is 1. The van der Waals surface area contributed by atoms with Crippen molar-refractivity contribution in [2.75, 3.05) is 5.32 Å². The SMILES string of the molecule is O=C1CC(c2ccc(F)cc2F)c2sc(C(=O)O)c(-c3ccc(Cl)cc3)c2N1. The highest BCUT2D eigenvalue weighted by Crippen LogP contribution is 2.49. The number of rotatable bonds is 3. The first kappa shape index (κ1) is 18.6. The van der Waals surface area contributed by atoms with E-state index in [1.165, 1.54) is 6.07 Å². The van der Waals surface area contributed by atoms with Crippen molar-refractivity contribution in [2.24, 2.45) is 0 Å². The molecule has 1 aromatic heterocycles. The zero-order valence-corrected chi connectivity index (χ0v) is 15.7. The minimum atomic E-state index is -1.16. The van der Waals surface area contributed by atoms with E-state index in [9.17, 15) is 23.5 Å². The van der Waals surface area contributed by atoms with E-state index in [1.54, 1.807) is 24.3 Å². The van der Waals surface area contributed by atoms with Crippen LogP contribution in [0.1, 0.15) is 32.5 Å². The molecule has 2 N–H and O–H groups in total. The number of thiophene rings is 1. The number of carbonyl (C=O) groups is 2. The monoisotopic (exact) mass is 419 g/mol. The van der Waals surface area contributed by atoms with Gasteiger partial charge in [-0.05, 0) is 29.3 Å². The number of aromatic carboxylic acids is 1. The third-order valence-electron chi connectivity index (χ3n) is 4.57. The highest BCUT2D eigenvalue weighted by Gasteiger charge is 2.35. The van der Waals surface area contributed by atoms with Gasteiger partial charge in [-0.3, -0.25) is 4.79 Å². The first-order valence-corrected chi connectivity index (χ1v) is 9.45. The van der Waals surface area contributed by atoms with Gasteiger partial charge in [0.15, 0.2) is 0 Å². The van der Waals surface area contributed by atoms with Crippen LogP contribution in [0.25, 0.3) is 11.1 Å². The van der Waals surface area contributed by atoms with Gasteiger partial charge in [-0.2, -0.15) is 0 Å². The van der Waals surface area contributed by atoms with E-state index in [4.69, 9.17) is 11.6 Å². The summed E-state index contributed by atoms with van der Waals surface area (Å²) in [5.41, 5.74) is 1.41. The van der Waals surface area contributed by atoms with Crippen LogP contribution < -0.4 is 5.32 Å². The van der Waals surface area contributed by atoms with E-state index >= 15 is 0 Å². The number of hydrogen-bond acceptors (Lipinski definition) is 3. The lowest BCUT2D eigenvalue weighted by atomic mass is 9.88. The van der Waals surface area contributed by atoms with Crippen LogP contribution in [0.2, 0.25) is 5.02 Å². The quantitative estimate of drug-likeness (QED) is 0.587. The number of hydrogen-bond donors (Lipinski definition) is 2. The maximum Gasteiger partial charge on any atom is 0.346 e. The van der Waals surface area contributed by atoms with E-state index in [0.717, 1.165) is 23.5 Å². The minimum Gasteiger partial charge on any atom is -0.477 e. The Morgan fingerprint density at radius 3 is 2.54 bits per heavy atom. The Balaban J connectivity index is 1.94. The van der Waals surface area contributed by atoms with Crippen molar-refractivity contribution >= 4 is 40.5 Å². The van der Waals surface area contributed by atoms with Crippen molar-refractivity contribution in [2.45, 2.75) is 12.3 Å². The fourth-order valence-electron chi connectivity index (χ4n) is 3.36. The number of nitrogens with one attached hydrogen (secondary N) is 1. The number of carboxylic acid groups (broad SMARTS) is 1. The lowest BCUT2D eigenvalue weighted by Crippen LogP contribution is -2.23. The van der Waals surface area contributed by atoms with Gasteiger partial charge in [0.1, 0.15) is 16.5 Å². The zero-order chi connectivity index (χ0) is 20.0. The summed E-state index contributed by atoms with van der Waals surface area (Å²) < 4.78 is 27.7. The highest BCUT2D eigenvalue weighted by molar-refractivity contribution is 7.15. The van der Waals surface area contributed by atoms with Crippen molar-refractivity contribution in [1.29, 1.82) is 0 Å². The van der Waals surface area contributed by atoms with Crippen molar-refractivity contribution in [3.63, 3.8) is 0 Å². The fraction of sp³-hybridized carbons (Fsp3) is 0.100. The average Bonchev–Trinajstić information content (AvgIpc) is 3.01. The molecule has 28 heavy (non-hydrogen) atoms. The van der Waals surface area contributed by atoms with Gasteiger partial charge in [-0.1, -0.05) is 29.8 Å². The fourth-order valence-corrected chi connectivity index (χ4v) is 4.73. The lowest BCUT2D eigenvalue weighted by molar-refractivity contribution is -0.116. The van der Waals surface area contributed by atoms with Crippen LogP contribution in [-0.4, -0.2) is 17.0 Å². The summed E-state index contributed by atoms with van der Waals surface area (Å²) in [4.78, 5) is 24.7. The Hall–Kier alpha value is -2.77. The number of fused-ring (bicyclic) bond motifs is 1. The summed E-state index contributed by atoms with van der Waals surface area (Å²) >= 11 is 6.90. The van der Waals surface area contributed by atoms with Crippen LogP contribution in [0.3, 0.4) is 0 Å². The van der Waals surface area contributed by atoms with Crippen LogP contribution in [0.4, 0.5) is 14.5 Å². The molecule has 0 saturated heterocycles. The summed E-state index contributed by atoms with van der Waals surface area (Å²) in [5.74, 6) is -3.72. The van der Waals surface area contributed by atoms with Crippen molar-refractivity contribution in [1.82, 2.24) is 0 Å². The summed E-state index contributed by atoms with van der Waals surface area (Å²) in [5, 5.41) is 12.9. The summed E-state index contributed by atoms with van der Waals surface area (Å²) in [6.45, 7) is 0. The normalized spacial score (nSPS) is 15.8. The number of carbonyl (C=O) groups excluding carboxylic acids is 1. The van der Waals surface area contributed by atoms with E-state index in [1.807, 2.05) is 0 Å². The van der Waals surface area contributed by atoms with Crippen LogP contribution in [-0.2, 0) is 4.79 Å². The van der Waals surface area contributed by atoms with E-state index in [-0.39, 0.29) is 22.8 Å². The largest absolute Gasteiger partial charge is 0.477 e. The predicted molar refractivity (Wildman–Crippen MR) is 103 cm³/mol. The minimum absolute atomic E-state index is 0.0297. The standard InChI is InChI=1S/C20H12ClF2NO3S/c21-10-3-1-9(2-4-10)16-17-18(28-19(16)20(26)27)13(8-15(25)24-17)12-6-5-11(22)7-14(12)23/h1-7,13H,8H2,(H,24,25)(H,26,27). The lowest BCUT2D eigenvalue weighted by Gasteiger charge is -2.24. The van der Waals surface area contributed by atoms with Crippen LogP contribution >= 0.6 is 22.9 Å². The molecule has 0 fully saturated rings. The predicted octanol–water partition coefficient (Wildman–Crippen LogP) is 5.52. The molecule has 1 aliphatic heterocycles. The topological polar surface area (TPSA) is 66.4 Å². The maximum absolute atomic E-state index is 14.4. The van der Waals surface area contributed by atoms with Crippen LogP contribution in [0.15, 0.2) is 42.5 Å². The summed E-state index contributed by atoms with van der Waals surface area (Å²) in [7, 11) is 0. The number of halogens is 3. The van der Waals surface area contributed by atoms with Gasteiger partial charge in [0.25, 0.3) is 0 Å². The molecule has 0 saturated carbocycles. The molecular weight excluding hydrogens is 408 g/mol. The third-order valence-corrected chi connectivity index (χ3v) is 6.11. The van der Waals surface area contributed by atoms with Gasteiger partial charge in [0, 0.05) is 33.9 Å². The molecule has 8 heteroatoms. The molecule has 1 unspecified atom stereocenters. The number of benzene rings is 2. The van der Waals surface area contributed by atoms with Crippen molar-refractivity contribution < 1.29 is 23.5 Å². The third kappa shape index (κ3) is 3.16. The zero-order valence-electron chi connectivity index (χ0n) is 14.1. The number of carboxylic acids is 1. The van der Waals surface area contributed by atoms with Gasteiger partial charge in [-0.15, -0.1) is 11.3 Å². The molecule has 0 spiro atoms. The van der Waals surface area contributed by atoms with Crippen LogP contribution in [0.5, 0.6) is 0 Å². The number of amides is 1. The van der Waals surface area contributed by atoms with Gasteiger partial charge < -0.3 is 10.4 Å². The molecule has 4 nitrogen and oxygen atoms in total. The Morgan fingerprint density at radius 1 is 1.18 bits per heavy atom. The Morgan fingerprint density at radius 2 is 1.89 bits per heavy atom. The summed E-state index contributed by atoms with van der Waals surface area (Å²) in [6, 6.07) is 9.73. The van der Waals surface area contributed by atoms with E-state index < -0.39 is 23.5 Å². The van der Waals surface area contributed by atoms with Gasteiger partial charge in [-0.25, -0.2) is 13.6 Å². The highest BCUT2D eigenvalue weighted by atomic mass is 35.5. The first-order chi connectivity index (χ1) is 13.3. The van der Waals surface area contributed by atoms with E-state index in [0.29, 0.717) is 26.7 Å². The molecule has 1 atom stereocenters. The van der Waals surface area contributed by atoms with Crippen molar-refractivity contribution in [3.05, 3.63) is 74.4 Å². The molecular formula is C20H12ClF2NO3S. The molecule has 0 radical (unpaired) electrons. The molecule has 2 aromatic carbocycles.